The number of hydrogen-bond donors (Lipinski definition) is 1. The van der Waals surface area contributed by atoms with Crippen molar-refractivity contribution in [3.63, 3.8) is 0 Å². The largest absolute Gasteiger partial charge is 0.352 e. The fourth-order valence-corrected chi connectivity index (χ4v) is 1.95. The Morgan fingerprint density at radius 1 is 1.24 bits per heavy atom. The van der Waals surface area contributed by atoms with E-state index in [-0.39, 0.29) is 17.3 Å². The summed E-state index contributed by atoms with van der Waals surface area (Å²) in [7, 11) is 0. The molecule has 0 saturated heterocycles. The number of carbonyl (C=O) groups is 1. The van der Waals surface area contributed by atoms with Crippen molar-refractivity contribution in [2.24, 2.45) is 0 Å². The van der Waals surface area contributed by atoms with Gasteiger partial charge in [0, 0.05) is 30.9 Å². The Hall–Kier alpha value is -2.43. The maximum atomic E-state index is 12.7. The standard InChI is InChI=1S/C16H17FN2O2/c1-12-7-10-19(15(20)11-12)9-2-8-18-16(21)13-3-5-14(17)6-4-13/h3-7,10-11H,2,8-9H2,1H3,(H,18,21). The van der Waals surface area contributed by atoms with Crippen molar-refractivity contribution >= 4 is 5.91 Å². The molecule has 2 aromatic rings. The summed E-state index contributed by atoms with van der Waals surface area (Å²) in [6.45, 7) is 2.87. The quantitative estimate of drug-likeness (QED) is 0.857. The van der Waals surface area contributed by atoms with Gasteiger partial charge in [0.2, 0.25) is 0 Å². The Bertz CT molecular complexity index is 677. The maximum absolute atomic E-state index is 12.7. The van der Waals surface area contributed by atoms with E-state index in [0.717, 1.165) is 5.56 Å². The van der Waals surface area contributed by atoms with Gasteiger partial charge in [-0.05, 0) is 49.2 Å². The van der Waals surface area contributed by atoms with Gasteiger partial charge in [-0.2, -0.15) is 0 Å². The minimum Gasteiger partial charge on any atom is -0.352 e. The monoisotopic (exact) mass is 288 g/mol. The van der Waals surface area contributed by atoms with Crippen LogP contribution in [0.5, 0.6) is 0 Å². The van der Waals surface area contributed by atoms with Crippen molar-refractivity contribution in [3.8, 4) is 0 Å². The van der Waals surface area contributed by atoms with E-state index in [4.69, 9.17) is 0 Å². The number of carbonyl (C=O) groups excluding carboxylic acids is 1. The molecule has 0 fully saturated rings. The summed E-state index contributed by atoms with van der Waals surface area (Å²) < 4.78 is 14.4. The highest BCUT2D eigenvalue weighted by atomic mass is 19.1. The van der Waals surface area contributed by atoms with Crippen LogP contribution in [0.25, 0.3) is 0 Å². The number of nitrogens with zero attached hydrogens (tertiary/aromatic N) is 1. The molecule has 0 bridgehead atoms. The molecule has 2 rings (SSSR count). The summed E-state index contributed by atoms with van der Waals surface area (Å²) in [5, 5.41) is 2.74. The lowest BCUT2D eigenvalue weighted by molar-refractivity contribution is 0.0952. The van der Waals surface area contributed by atoms with E-state index in [1.807, 2.05) is 13.0 Å². The molecule has 0 aliphatic carbocycles. The molecule has 1 aromatic heterocycles. The molecule has 5 heteroatoms. The first kappa shape index (κ1) is 15.0. The Morgan fingerprint density at radius 3 is 2.62 bits per heavy atom. The van der Waals surface area contributed by atoms with Gasteiger partial charge in [0.15, 0.2) is 0 Å². The molecule has 0 atom stereocenters. The Kier molecular flexibility index (Phi) is 4.87. The highest BCUT2D eigenvalue weighted by molar-refractivity contribution is 5.94. The number of aromatic nitrogens is 1. The number of rotatable bonds is 5. The maximum Gasteiger partial charge on any atom is 0.251 e. The van der Waals surface area contributed by atoms with Crippen LogP contribution in [0.15, 0.2) is 47.4 Å². The molecule has 0 unspecified atom stereocenters. The lowest BCUT2D eigenvalue weighted by atomic mass is 10.2. The summed E-state index contributed by atoms with van der Waals surface area (Å²) in [5.41, 5.74) is 1.31. The van der Waals surface area contributed by atoms with E-state index in [0.29, 0.717) is 25.1 Å². The van der Waals surface area contributed by atoms with Crippen LogP contribution < -0.4 is 10.9 Å². The lowest BCUT2D eigenvalue weighted by Gasteiger charge is -2.07. The summed E-state index contributed by atoms with van der Waals surface area (Å²) >= 11 is 0. The van der Waals surface area contributed by atoms with Crippen molar-refractivity contribution in [1.82, 2.24) is 9.88 Å². The van der Waals surface area contributed by atoms with Gasteiger partial charge < -0.3 is 9.88 Å². The van der Waals surface area contributed by atoms with E-state index in [1.165, 1.54) is 24.3 Å². The van der Waals surface area contributed by atoms with Crippen LogP contribution in [-0.4, -0.2) is 17.0 Å². The van der Waals surface area contributed by atoms with Gasteiger partial charge in [-0.15, -0.1) is 0 Å². The van der Waals surface area contributed by atoms with E-state index < -0.39 is 0 Å². The van der Waals surface area contributed by atoms with Crippen molar-refractivity contribution in [3.05, 3.63) is 69.9 Å². The van der Waals surface area contributed by atoms with Crippen LogP contribution in [0.2, 0.25) is 0 Å². The highest BCUT2D eigenvalue weighted by Gasteiger charge is 2.04. The molecular weight excluding hydrogens is 271 g/mol. The minimum atomic E-state index is -0.370. The Balaban J connectivity index is 1.80. The fourth-order valence-electron chi connectivity index (χ4n) is 1.95. The first-order chi connectivity index (χ1) is 10.1. The Labute approximate surface area is 122 Å². The number of amides is 1. The van der Waals surface area contributed by atoms with Gasteiger partial charge >= 0.3 is 0 Å². The van der Waals surface area contributed by atoms with Crippen LogP contribution in [0.1, 0.15) is 22.3 Å². The zero-order valence-corrected chi connectivity index (χ0v) is 11.8. The second-order valence-electron chi connectivity index (χ2n) is 4.85. The third-order valence-electron chi connectivity index (χ3n) is 3.12. The van der Waals surface area contributed by atoms with E-state index in [1.54, 1.807) is 16.8 Å². The number of pyridine rings is 1. The minimum absolute atomic E-state index is 0.0418. The van der Waals surface area contributed by atoms with Crippen LogP contribution in [0.3, 0.4) is 0 Å². The average molecular weight is 288 g/mol. The second kappa shape index (κ2) is 6.83. The van der Waals surface area contributed by atoms with Gasteiger partial charge in [-0.1, -0.05) is 0 Å². The van der Waals surface area contributed by atoms with Gasteiger partial charge in [0.1, 0.15) is 5.82 Å². The topological polar surface area (TPSA) is 51.1 Å². The highest BCUT2D eigenvalue weighted by Crippen LogP contribution is 2.02. The summed E-state index contributed by atoms with van der Waals surface area (Å²) in [5.74, 6) is -0.614. The van der Waals surface area contributed by atoms with Crippen LogP contribution in [0.4, 0.5) is 4.39 Å². The van der Waals surface area contributed by atoms with Crippen molar-refractivity contribution < 1.29 is 9.18 Å². The normalized spacial score (nSPS) is 10.4. The number of aryl methyl sites for hydroxylation is 2. The summed E-state index contributed by atoms with van der Waals surface area (Å²) in [6.07, 6.45) is 2.40. The first-order valence-corrected chi connectivity index (χ1v) is 6.77. The predicted molar refractivity (Wildman–Crippen MR) is 78.8 cm³/mol. The molecule has 0 aliphatic rings. The number of hydrogen-bond acceptors (Lipinski definition) is 2. The van der Waals surface area contributed by atoms with E-state index in [9.17, 15) is 14.0 Å². The number of benzene rings is 1. The third kappa shape index (κ3) is 4.27. The number of halogens is 1. The molecular formula is C16H17FN2O2. The van der Waals surface area contributed by atoms with Crippen molar-refractivity contribution in [2.75, 3.05) is 6.54 Å². The molecule has 0 radical (unpaired) electrons. The fraction of sp³-hybridized carbons (Fsp3) is 0.250. The molecule has 1 amide bonds. The predicted octanol–water partition coefficient (Wildman–Crippen LogP) is 2.12. The first-order valence-electron chi connectivity index (χ1n) is 6.77. The van der Waals surface area contributed by atoms with Gasteiger partial charge in [-0.25, -0.2) is 4.39 Å². The van der Waals surface area contributed by atoms with Gasteiger partial charge in [0.25, 0.3) is 11.5 Å². The van der Waals surface area contributed by atoms with Crippen LogP contribution >= 0.6 is 0 Å². The molecule has 0 aliphatic heterocycles. The molecule has 1 N–H and O–H groups in total. The van der Waals surface area contributed by atoms with E-state index >= 15 is 0 Å². The zero-order valence-electron chi connectivity index (χ0n) is 11.8. The lowest BCUT2D eigenvalue weighted by Crippen LogP contribution is -2.27. The molecule has 110 valence electrons. The van der Waals surface area contributed by atoms with Crippen LogP contribution in [0, 0.1) is 12.7 Å². The molecule has 1 aromatic carbocycles. The van der Waals surface area contributed by atoms with Crippen LogP contribution in [-0.2, 0) is 6.54 Å². The second-order valence-corrected chi connectivity index (χ2v) is 4.85. The third-order valence-corrected chi connectivity index (χ3v) is 3.12. The smallest absolute Gasteiger partial charge is 0.251 e. The molecule has 4 nitrogen and oxygen atoms in total. The molecule has 21 heavy (non-hydrogen) atoms. The summed E-state index contributed by atoms with van der Waals surface area (Å²) in [6, 6.07) is 8.83. The van der Waals surface area contributed by atoms with Crippen molar-refractivity contribution in [2.45, 2.75) is 19.9 Å². The Morgan fingerprint density at radius 2 is 1.95 bits per heavy atom. The van der Waals surface area contributed by atoms with Gasteiger partial charge in [-0.3, -0.25) is 9.59 Å². The molecule has 0 saturated carbocycles. The zero-order chi connectivity index (χ0) is 15.2. The van der Waals surface area contributed by atoms with Gasteiger partial charge in [0.05, 0.1) is 0 Å². The SMILES string of the molecule is Cc1ccn(CCCNC(=O)c2ccc(F)cc2)c(=O)c1. The summed E-state index contributed by atoms with van der Waals surface area (Å²) in [4.78, 5) is 23.4. The molecule has 1 heterocycles. The molecule has 0 spiro atoms. The van der Waals surface area contributed by atoms with E-state index in [2.05, 4.69) is 5.32 Å². The number of nitrogens with one attached hydrogen (secondary N) is 1. The van der Waals surface area contributed by atoms with Crippen molar-refractivity contribution in [1.29, 1.82) is 0 Å². The average Bonchev–Trinajstić information content (AvgIpc) is 2.46.